The van der Waals surface area contributed by atoms with E-state index in [1.165, 1.54) is 0 Å². The van der Waals surface area contributed by atoms with E-state index in [1.54, 1.807) is 7.11 Å². The van der Waals surface area contributed by atoms with Crippen molar-refractivity contribution in [2.75, 3.05) is 7.11 Å². The fourth-order valence-electron chi connectivity index (χ4n) is 3.84. The first kappa shape index (κ1) is 14.4. The minimum atomic E-state index is -0.248. The van der Waals surface area contributed by atoms with E-state index in [9.17, 15) is 9.90 Å². The zero-order valence-corrected chi connectivity index (χ0v) is 12.7. The molecule has 2 aliphatic heterocycles. The van der Waals surface area contributed by atoms with Gasteiger partial charge in [0.1, 0.15) is 5.75 Å². The lowest BCUT2D eigenvalue weighted by Gasteiger charge is -2.47. The molecular formula is C17H23NO3. The van der Waals surface area contributed by atoms with Crippen LogP contribution < -0.4 is 4.74 Å². The van der Waals surface area contributed by atoms with Gasteiger partial charge in [0.25, 0.3) is 5.91 Å². The van der Waals surface area contributed by atoms with Crippen LogP contribution >= 0.6 is 0 Å². The van der Waals surface area contributed by atoms with E-state index in [1.807, 2.05) is 30.0 Å². The standard InChI is InChI=1S/C17H23NO3/c1-11-8-12(6-7-16(11)21-2)17(20)18-13-4-3-5-14(18)10-15(19)9-13/h6-8,13-15,19H,3-5,9-10H2,1-2H3/t13-,14+,15?. The Labute approximate surface area is 125 Å². The number of ether oxygens (including phenoxy) is 1. The van der Waals surface area contributed by atoms with Crippen LogP contribution in [0.1, 0.15) is 48.0 Å². The summed E-state index contributed by atoms with van der Waals surface area (Å²) < 4.78 is 5.26. The molecule has 3 atom stereocenters. The van der Waals surface area contributed by atoms with Crippen molar-refractivity contribution in [2.24, 2.45) is 0 Å². The Morgan fingerprint density at radius 1 is 1.29 bits per heavy atom. The first-order valence-corrected chi connectivity index (χ1v) is 7.75. The van der Waals surface area contributed by atoms with Crippen LogP contribution in [0.3, 0.4) is 0 Å². The maximum Gasteiger partial charge on any atom is 0.254 e. The van der Waals surface area contributed by atoms with E-state index in [4.69, 9.17) is 4.74 Å². The summed E-state index contributed by atoms with van der Waals surface area (Å²) in [5.41, 5.74) is 1.70. The Kier molecular flexibility index (Phi) is 3.89. The molecule has 0 aliphatic carbocycles. The molecule has 2 bridgehead atoms. The Morgan fingerprint density at radius 3 is 2.52 bits per heavy atom. The number of methoxy groups -OCH3 is 1. The van der Waals surface area contributed by atoms with Crippen LogP contribution in [0.2, 0.25) is 0 Å². The van der Waals surface area contributed by atoms with Gasteiger partial charge in [-0.3, -0.25) is 4.79 Å². The highest BCUT2D eigenvalue weighted by Gasteiger charge is 2.40. The van der Waals surface area contributed by atoms with Crippen LogP contribution in [0.5, 0.6) is 5.75 Å². The van der Waals surface area contributed by atoms with Gasteiger partial charge in [-0.1, -0.05) is 0 Å². The normalized spacial score (nSPS) is 28.3. The largest absolute Gasteiger partial charge is 0.496 e. The van der Waals surface area contributed by atoms with Gasteiger partial charge in [0, 0.05) is 17.6 Å². The highest BCUT2D eigenvalue weighted by Crippen LogP contribution is 2.35. The fraction of sp³-hybridized carbons (Fsp3) is 0.588. The molecule has 21 heavy (non-hydrogen) atoms. The van der Waals surface area contributed by atoms with Gasteiger partial charge in [0.2, 0.25) is 0 Å². The second kappa shape index (κ2) is 5.68. The lowest BCUT2D eigenvalue weighted by Crippen LogP contribution is -2.55. The summed E-state index contributed by atoms with van der Waals surface area (Å²) in [6.07, 6.45) is 4.37. The Balaban J connectivity index is 1.86. The Bertz CT molecular complexity index is 529. The predicted octanol–water partition coefficient (Wildman–Crippen LogP) is 2.52. The van der Waals surface area contributed by atoms with Crippen LogP contribution in [-0.2, 0) is 0 Å². The predicted molar refractivity (Wildman–Crippen MR) is 80.6 cm³/mol. The van der Waals surface area contributed by atoms with Gasteiger partial charge < -0.3 is 14.7 Å². The van der Waals surface area contributed by atoms with E-state index in [2.05, 4.69) is 0 Å². The van der Waals surface area contributed by atoms with Crippen molar-refractivity contribution in [1.82, 2.24) is 4.90 Å². The first-order valence-electron chi connectivity index (χ1n) is 7.75. The van der Waals surface area contributed by atoms with Crippen molar-refractivity contribution in [3.05, 3.63) is 29.3 Å². The second-order valence-corrected chi connectivity index (χ2v) is 6.26. The van der Waals surface area contributed by atoms with E-state index < -0.39 is 0 Å². The van der Waals surface area contributed by atoms with E-state index >= 15 is 0 Å². The van der Waals surface area contributed by atoms with E-state index in [0.29, 0.717) is 0 Å². The lowest BCUT2D eigenvalue weighted by atomic mass is 9.82. The van der Waals surface area contributed by atoms with Gasteiger partial charge in [0.15, 0.2) is 0 Å². The highest BCUT2D eigenvalue weighted by atomic mass is 16.5. The number of amides is 1. The van der Waals surface area contributed by atoms with Gasteiger partial charge in [-0.2, -0.15) is 0 Å². The number of carbonyl (C=O) groups excluding carboxylic acids is 1. The number of benzene rings is 1. The molecule has 4 nitrogen and oxygen atoms in total. The number of fused-ring (bicyclic) bond motifs is 2. The van der Waals surface area contributed by atoms with Gasteiger partial charge in [-0.25, -0.2) is 0 Å². The van der Waals surface area contributed by atoms with Gasteiger partial charge in [0.05, 0.1) is 13.2 Å². The van der Waals surface area contributed by atoms with Crippen molar-refractivity contribution in [3.63, 3.8) is 0 Å². The van der Waals surface area contributed by atoms with E-state index in [0.717, 1.165) is 49.0 Å². The molecule has 0 saturated carbocycles. The zero-order chi connectivity index (χ0) is 15.0. The third kappa shape index (κ3) is 2.64. The number of aliphatic hydroxyl groups excluding tert-OH is 1. The molecule has 1 amide bonds. The zero-order valence-electron chi connectivity index (χ0n) is 12.7. The highest BCUT2D eigenvalue weighted by molar-refractivity contribution is 5.95. The molecule has 2 fully saturated rings. The number of carbonyl (C=O) groups is 1. The number of nitrogens with zero attached hydrogens (tertiary/aromatic N) is 1. The number of hydrogen-bond donors (Lipinski definition) is 1. The van der Waals surface area contributed by atoms with Crippen LogP contribution in [0.4, 0.5) is 0 Å². The monoisotopic (exact) mass is 289 g/mol. The molecule has 2 aliphatic rings. The Hall–Kier alpha value is -1.55. The van der Waals surface area contributed by atoms with Gasteiger partial charge in [-0.05, 0) is 62.8 Å². The number of hydrogen-bond acceptors (Lipinski definition) is 3. The van der Waals surface area contributed by atoms with Crippen molar-refractivity contribution in [1.29, 1.82) is 0 Å². The van der Waals surface area contributed by atoms with Crippen LogP contribution in [-0.4, -0.2) is 41.2 Å². The summed E-state index contributed by atoms with van der Waals surface area (Å²) in [5, 5.41) is 9.94. The molecular weight excluding hydrogens is 266 g/mol. The SMILES string of the molecule is COc1ccc(C(=O)N2[C@@H]3CCC[C@H]2CC(O)C3)cc1C. The van der Waals surface area contributed by atoms with Crippen LogP contribution in [0.15, 0.2) is 18.2 Å². The minimum absolute atomic E-state index is 0.0994. The van der Waals surface area contributed by atoms with Crippen molar-refractivity contribution < 1.29 is 14.6 Å². The van der Waals surface area contributed by atoms with Crippen molar-refractivity contribution in [3.8, 4) is 5.75 Å². The molecule has 2 heterocycles. The summed E-state index contributed by atoms with van der Waals surface area (Å²) >= 11 is 0. The quantitative estimate of drug-likeness (QED) is 0.910. The van der Waals surface area contributed by atoms with Gasteiger partial charge in [-0.15, -0.1) is 0 Å². The van der Waals surface area contributed by atoms with Crippen LogP contribution in [0.25, 0.3) is 0 Å². The van der Waals surface area contributed by atoms with E-state index in [-0.39, 0.29) is 24.1 Å². The third-order valence-corrected chi connectivity index (χ3v) is 4.83. The minimum Gasteiger partial charge on any atom is -0.496 e. The molecule has 3 rings (SSSR count). The maximum atomic E-state index is 12.9. The average molecular weight is 289 g/mol. The van der Waals surface area contributed by atoms with Crippen molar-refractivity contribution in [2.45, 2.75) is 57.2 Å². The molecule has 114 valence electrons. The van der Waals surface area contributed by atoms with Gasteiger partial charge >= 0.3 is 0 Å². The Morgan fingerprint density at radius 2 is 1.95 bits per heavy atom. The summed E-state index contributed by atoms with van der Waals surface area (Å²) in [4.78, 5) is 14.9. The molecule has 1 N–H and O–H groups in total. The summed E-state index contributed by atoms with van der Waals surface area (Å²) in [6.45, 7) is 1.95. The molecule has 0 aromatic heterocycles. The van der Waals surface area contributed by atoms with Crippen molar-refractivity contribution >= 4 is 5.91 Å². The maximum absolute atomic E-state index is 12.9. The van der Waals surface area contributed by atoms with Crippen LogP contribution in [0, 0.1) is 6.92 Å². The number of aryl methyl sites for hydroxylation is 1. The number of aliphatic hydroxyl groups is 1. The average Bonchev–Trinajstić information content (AvgIpc) is 2.45. The lowest BCUT2D eigenvalue weighted by molar-refractivity contribution is -0.0151. The topological polar surface area (TPSA) is 49.8 Å². The molecule has 0 radical (unpaired) electrons. The molecule has 1 aromatic carbocycles. The molecule has 0 spiro atoms. The summed E-state index contributed by atoms with van der Waals surface area (Å²) in [5.74, 6) is 0.906. The molecule has 2 saturated heterocycles. The molecule has 1 unspecified atom stereocenters. The molecule has 4 heteroatoms. The first-order chi connectivity index (χ1) is 10.1. The fourth-order valence-corrected chi connectivity index (χ4v) is 3.84. The molecule has 1 aromatic rings. The third-order valence-electron chi connectivity index (χ3n) is 4.83. The second-order valence-electron chi connectivity index (χ2n) is 6.26. The summed E-state index contributed by atoms with van der Waals surface area (Å²) in [6, 6.07) is 6.00. The number of piperidine rings is 2. The smallest absolute Gasteiger partial charge is 0.254 e. The number of rotatable bonds is 2. The summed E-state index contributed by atoms with van der Waals surface area (Å²) in [7, 11) is 1.64.